The molecule has 23 heteroatoms. The SMILES string of the molecule is CCCCCCCCCC(=O)O.CCCCCCCCCC(=O)O.CCCCCCCCCC(=O)O.CCCCCCCCCC(=O)O.CCCCCCCCCC(=O)O.CCCCCCCCCC(=O)O.CCCCCCCCCC(=O)O.CCCCCCCCCC(=O)O.CCCCCCCCCC(=O)O.CCCCCCCCCC(=O)O.OCC(O)CO. The molecular formula is C103H208O23. The number of aliphatic hydroxyl groups is 3. The summed E-state index contributed by atoms with van der Waals surface area (Å²) in [6.07, 6.45) is 85.5. The number of hydrogen-bond donors (Lipinski definition) is 13. The molecule has 13 N–H and O–H groups in total. The third-order valence-electron chi connectivity index (χ3n) is 20.4. The highest BCUT2D eigenvalue weighted by Crippen LogP contribution is 2.16. The minimum atomic E-state index is -0.954. The van der Waals surface area contributed by atoms with E-state index in [0.717, 1.165) is 128 Å². The van der Waals surface area contributed by atoms with Gasteiger partial charge in [-0.15, -0.1) is 0 Å². The summed E-state index contributed by atoms with van der Waals surface area (Å²) >= 11 is 0. The molecule has 0 rings (SSSR count). The van der Waals surface area contributed by atoms with Crippen LogP contribution in [0.3, 0.4) is 0 Å². The second-order valence-corrected chi connectivity index (χ2v) is 33.7. The van der Waals surface area contributed by atoms with Gasteiger partial charge in [-0.3, -0.25) is 47.9 Å². The van der Waals surface area contributed by atoms with Gasteiger partial charge in [-0.1, -0.05) is 454 Å². The van der Waals surface area contributed by atoms with Crippen molar-refractivity contribution in [3.63, 3.8) is 0 Å². The number of aliphatic hydroxyl groups excluding tert-OH is 3. The molecule has 758 valence electrons. The van der Waals surface area contributed by atoms with Gasteiger partial charge in [0.2, 0.25) is 0 Å². The van der Waals surface area contributed by atoms with Gasteiger partial charge in [0, 0.05) is 64.2 Å². The molecule has 0 aliphatic carbocycles. The molecule has 23 nitrogen and oxygen atoms in total. The maximum atomic E-state index is 10.1. The Morgan fingerprint density at radius 3 is 0.246 bits per heavy atom. The normalized spacial score (nSPS) is 10.1. The molecule has 0 amide bonds. The lowest BCUT2D eigenvalue weighted by atomic mass is 10.1. The standard InChI is InChI=1S/10C10H20O2.C3H8O3/c10*1-2-3-4-5-6-7-8-9-10(11)12;4-1-3(6)2-5/h10*2-9H2,1H3,(H,11,12);3-6H,1-2H2. The summed E-state index contributed by atoms with van der Waals surface area (Å²) in [4.78, 5) is 101. The van der Waals surface area contributed by atoms with Gasteiger partial charge in [-0.05, 0) is 64.2 Å². The van der Waals surface area contributed by atoms with Crippen molar-refractivity contribution in [1.29, 1.82) is 0 Å². The summed E-state index contributed by atoms with van der Waals surface area (Å²) in [6, 6.07) is 0. The van der Waals surface area contributed by atoms with E-state index in [1.807, 2.05) is 0 Å². The highest BCUT2D eigenvalue weighted by atomic mass is 16.4. The molecule has 0 bridgehead atoms. The number of hydrogen-bond acceptors (Lipinski definition) is 13. The lowest BCUT2D eigenvalue weighted by molar-refractivity contribution is -0.138. The molecule has 0 unspecified atom stereocenters. The summed E-state index contributed by atoms with van der Waals surface area (Å²) in [5.41, 5.74) is 0. The number of aliphatic carboxylic acids is 10. The zero-order valence-corrected chi connectivity index (χ0v) is 83.5. The largest absolute Gasteiger partial charge is 0.481 e. The molecule has 0 radical (unpaired) electrons. The van der Waals surface area contributed by atoms with Crippen molar-refractivity contribution < 1.29 is 114 Å². The first kappa shape index (κ1) is 144. The van der Waals surface area contributed by atoms with Gasteiger partial charge in [-0.2, -0.15) is 0 Å². The fraction of sp³-hybridized carbons (Fsp3) is 0.903. The van der Waals surface area contributed by atoms with Crippen molar-refractivity contribution in [3.8, 4) is 0 Å². The number of rotatable bonds is 82. The Bertz CT molecular complexity index is 1660. The van der Waals surface area contributed by atoms with Gasteiger partial charge < -0.3 is 66.4 Å². The third-order valence-corrected chi connectivity index (χ3v) is 20.4. The van der Waals surface area contributed by atoms with Crippen molar-refractivity contribution in [1.82, 2.24) is 0 Å². The summed E-state index contributed by atoms with van der Waals surface area (Å²) in [7, 11) is 0. The molecule has 0 saturated carbocycles. The minimum absolute atomic E-state index is 0.341. The van der Waals surface area contributed by atoms with Crippen LogP contribution >= 0.6 is 0 Å². The topological polar surface area (TPSA) is 434 Å². The fourth-order valence-electron chi connectivity index (χ4n) is 12.4. The zero-order chi connectivity index (χ0) is 97.3. The first-order valence-corrected chi connectivity index (χ1v) is 51.6. The van der Waals surface area contributed by atoms with E-state index in [4.69, 9.17) is 66.4 Å². The van der Waals surface area contributed by atoms with Gasteiger partial charge >= 0.3 is 59.7 Å². The molecule has 0 aromatic rings. The van der Waals surface area contributed by atoms with Crippen LogP contribution < -0.4 is 0 Å². The number of carboxylic acids is 10. The first-order valence-electron chi connectivity index (χ1n) is 51.6. The van der Waals surface area contributed by atoms with Crippen LogP contribution in [0.1, 0.15) is 583 Å². The first-order chi connectivity index (χ1) is 60.5. The van der Waals surface area contributed by atoms with Crippen LogP contribution in [0.4, 0.5) is 0 Å². The van der Waals surface area contributed by atoms with Crippen LogP contribution in [0, 0.1) is 0 Å². The van der Waals surface area contributed by atoms with E-state index >= 15 is 0 Å². The Kier molecular flexibility index (Phi) is 160. The minimum Gasteiger partial charge on any atom is -0.481 e. The van der Waals surface area contributed by atoms with E-state index in [2.05, 4.69) is 69.2 Å². The monoisotopic (exact) mass is 1810 g/mol. The highest BCUT2D eigenvalue weighted by Gasteiger charge is 2.05. The fourth-order valence-corrected chi connectivity index (χ4v) is 12.4. The van der Waals surface area contributed by atoms with E-state index in [0.29, 0.717) is 64.2 Å². The summed E-state index contributed by atoms with van der Waals surface area (Å²) in [5.74, 6) is -6.63. The third kappa shape index (κ3) is 209. The van der Waals surface area contributed by atoms with Gasteiger partial charge in [0.05, 0.1) is 13.2 Å². The smallest absolute Gasteiger partial charge is 0.303 e. The Morgan fingerprint density at radius 2 is 0.198 bits per heavy atom. The Labute approximate surface area is 772 Å². The van der Waals surface area contributed by atoms with Gasteiger partial charge in [-0.25, -0.2) is 0 Å². The van der Waals surface area contributed by atoms with Gasteiger partial charge in [0.25, 0.3) is 0 Å². The molecule has 0 aromatic heterocycles. The summed E-state index contributed by atoms with van der Waals surface area (Å²) in [5, 5.41) is 108. The number of unbranched alkanes of at least 4 members (excludes halogenated alkanes) is 60. The summed E-state index contributed by atoms with van der Waals surface area (Å²) in [6.45, 7) is 21.3. The average molecular weight is 1810 g/mol. The maximum absolute atomic E-state index is 10.1. The molecule has 0 atom stereocenters. The van der Waals surface area contributed by atoms with Crippen molar-refractivity contribution in [3.05, 3.63) is 0 Å². The second-order valence-electron chi connectivity index (χ2n) is 33.7. The number of carbonyl (C=O) groups is 10. The van der Waals surface area contributed by atoms with E-state index in [9.17, 15) is 47.9 Å². The van der Waals surface area contributed by atoms with E-state index in [-0.39, 0.29) is 13.2 Å². The molecule has 0 aromatic carbocycles. The van der Waals surface area contributed by atoms with Gasteiger partial charge in [0.15, 0.2) is 0 Å². The molecule has 0 saturated heterocycles. The maximum Gasteiger partial charge on any atom is 0.303 e. The van der Waals surface area contributed by atoms with Gasteiger partial charge in [0.1, 0.15) is 6.10 Å². The Hall–Kier alpha value is -5.42. The number of carboxylic acid groups (broad SMARTS) is 10. The zero-order valence-electron chi connectivity index (χ0n) is 83.5. The van der Waals surface area contributed by atoms with Crippen molar-refractivity contribution in [2.75, 3.05) is 13.2 Å². The predicted octanol–water partition coefficient (Wildman–Crippen LogP) is 30.4. The van der Waals surface area contributed by atoms with E-state index in [1.54, 1.807) is 0 Å². The molecule has 0 aliphatic heterocycles. The lowest BCUT2D eigenvalue weighted by Gasteiger charge is -1.98. The Balaban J connectivity index is -0.000000129. The van der Waals surface area contributed by atoms with Crippen LogP contribution in [-0.4, -0.2) is 145 Å². The van der Waals surface area contributed by atoms with Crippen LogP contribution in [-0.2, 0) is 47.9 Å². The summed E-state index contributed by atoms with van der Waals surface area (Å²) < 4.78 is 0. The van der Waals surface area contributed by atoms with Crippen molar-refractivity contribution >= 4 is 59.7 Å². The second kappa shape index (κ2) is 140. The molecular weight excluding hydrogens is 1610 g/mol. The molecule has 0 aliphatic rings. The predicted molar refractivity (Wildman–Crippen MR) is 523 cm³/mol. The highest BCUT2D eigenvalue weighted by molar-refractivity contribution is 5.69. The van der Waals surface area contributed by atoms with Crippen LogP contribution in [0.2, 0.25) is 0 Å². The van der Waals surface area contributed by atoms with Crippen LogP contribution in [0.25, 0.3) is 0 Å². The van der Waals surface area contributed by atoms with Crippen LogP contribution in [0.5, 0.6) is 0 Å². The van der Waals surface area contributed by atoms with E-state index in [1.165, 1.54) is 321 Å². The van der Waals surface area contributed by atoms with Crippen molar-refractivity contribution in [2.45, 2.75) is 589 Å². The van der Waals surface area contributed by atoms with Crippen LogP contribution in [0.15, 0.2) is 0 Å². The molecule has 126 heavy (non-hydrogen) atoms. The van der Waals surface area contributed by atoms with E-state index < -0.39 is 65.8 Å². The molecule has 0 fully saturated rings. The average Bonchev–Trinajstić information content (AvgIpc) is 1.18. The quantitative estimate of drug-likeness (QED) is 0.0252. The molecule has 0 spiro atoms. The lowest BCUT2D eigenvalue weighted by Crippen LogP contribution is -2.15. The van der Waals surface area contributed by atoms with Crippen molar-refractivity contribution in [2.24, 2.45) is 0 Å². The molecule has 0 heterocycles. The Morgan fingerprint density at radius 1 is 0.135 bits per heavy atom.